The van der Waals surface area contributed by atoms with Crippen molar-refractivity contribution in [3.8, 4) is 0 Å². The maximum atomic E-state index is 6.25. The van der Waals surface area contributed by atoms with Crippen molar-refractivity contribution in [2.45, 2.75) is 58.9 Å². The van der Waals surface area contributed by atoms with Crippen molar-refractivity contribution < 1.29 is 4.42 Å². The quantitative estimate of drug-likeness (QED) is 0.184. The Morgan fingerprint density at radius 1 is 0.750 bits per heavy atom. The third kappa shape index (κ3) is 4.91. The van der Waals surface area contributed by atoms with Gasteiger partial charge in [-0.3, -0.25) is 0 Å². The molecule has 0 aliphatic heterocycles. The summed E-state index contributed by atoms with van der Waals surface area (Å²) >= 11 is 0. The Kier molecular flexibility index (Phi) is 7.32. The minimum atomic E-state index is 0.127. The average molecular weight is 676 g/mol. The van der Waals surface area contributed by atoms with E-state index in [1.54, 1.807) is 5.57 Å². The maximum absolute atomic E-state index is 6.25. The number of furan rings is 1. The maximum Gasteiger partial charge on any atom is 0.136 e. The smallest absolute Gasteiger partial charge is 0.136 e. The minimum absolute atomic E-state index is 0.127. The Hall–Kier alpha value is -5.34. The molecule has 3 atom stereocenters. The van der Waals surface area contributed by atoms with Crippen LogP contribution < -0.4 is 4.90 Å². The Morgan fingerprint density at radius 2 is 1.62 bits per heavy atom. The van der Waals surface area contributed by atoms with Crippen LogP contribution in [0, 0.1) is 17.3 Å². The van der Waals surface area contributed by atoms with E-state index in [1.165, 1.54) is 66.3 Å². The molecule has 5 aliphatic rings. The topological polar surface area (TPSA) is 16.4 Å². The fraction of sp³-hybridized carbons (Fsp3) is 0.240. The van der Waals surface area contributed by atoms with Gasteiger partial charge in [-0.1, -0.05) is 136 Å². The van der Waals surface area contributed by atoms with Crippen LogP contribution in [0.1, 0.15) is 64.0 Å². The highest BCUT2D eigenvalue weighted by atomic mass is 16.3. The molecule has 1 heterocycles. The number of hydrogen-bond donors (Lipinski definition) is 0. The zero-order chi connectivity index (χ0) is 35.0. The molecule has 2 nitrogen and oxygen atoms in total. The molecule has 3 unspecified atom stereocenters. The van der Waals surface area contributed by atoms with Gasteiger partial charge in [0.2, 0.25) is 0 Å². The fourth-order valence-corrected chi connectivity index (χ4v) is 10.1. The Bertz CT molecular complexity index is 2550. The SMILES string of the molecule is CC1CC=CC2=C1C(C)(C)C1CC(N(c3ccccc3C3=CCCC=C3)C3C=CC(c4ccc5ccc6oc7ccccc7c6c5c4)=CC3)=CC=C21. The molecule has 52 heavy (non-hydrogen) atoms. The van der Waals surface area contributed by atoms with Crippen molar-refractivity contribution >= 4 is 49.5 Å². The molecule has 0 radical (unpaired) electrons. The van der Waals surface area contributed by atoms with Crippen LogP contribution in [0.5, 0.6) is 0 Å². The molecule has 256 valence electrons. The standard InChI is InChI=1S/C50H45NO/c1-32-12-11-17-41-40-28-27-38(31-44(40)50(2,3)49(32)41)51(45-18-9-7-15-39(45)34-13-5-4-6-14-34)37-25-22-33(23-26-37)36-21-20-35-24-29-47-48(43(35)30-36)42-16-8-10-19-46(42)52-47/h5,7-11,13-25,27-30,32,37,44H,4,6,12,26,31H2,1-3H3. The third-order valence-corrected chi connectivity index (χ3v) is 12.6. The number of rotatable bonds is 5. The molecule has 0 spiro atoms. The highest BCUT2D eigenvalue weighted by Crippen LogP contribution is 2.58. The van der Waals surface area contributed by atoms with Crippen molar-refractivity contribution in [3.05, 3.63) is 173 Å². The van der Waals surface area contributed by atoms with Crippen molar-refractivity contribution in [1.29, 1.82) is 0 Å². The first-order chi connectivity index (χ1) is 25.5. The summed E-state index contributed by atoms with van der Waals surface area (Å²) in [7, 11) is 0. The second-order valence-corrected chi connectivity index (χ2v) is 15.9. The lowest BCUT2D eigenvalue weighted by Gasteiger charge is -2.41. The van der Waals surface area contributed by atoms with Gasteiger partial charge in [0.1, 0.15) is 11.2 Å². The lowest BCUT2D eigenvalue weighted by molar-refractivity contribution is 0.297. The van der Waals surface area contributed by atoms with Crippen LogP contribution in [0.3, 0.4) is 0 Å². The normalized spacial score (nSPS) is 23.4. The molecular formula is C50H45NO. The minimum Gasteiger partial charge on any atom is -0.456 e. The number of anilines is 1. The highest BCUT2D eigenvalue weighted by molar-refractivity contribution is 6.19. The first-order valence-electron chi connectivity index (χ1n) is 19.3. The highest BCUT2D eigenvalue weighted by Gasteiger charge is 2.47. The average Bonchev–Trinajstić information content (AvgIpc) is 3.68. The number of allylic oxidation sites excluding steroid dienone is 14. The van der Waals surface area contributed by atoms with E-state index < -0.39 is 0 Å². The first-order valence-corrected chi connectivity index (χ1v) is 19.3. The van der Waals surface area contributed by atoms with Gasteiger partial charge in [0.25, 0.3) is 0 Å². The molecule has 0 N–H and O–H groups in total. The summed E-state index contributed by atoms with van der Waals surface area (Å²) < 4.78 is 6.25. The van der Waals surface area contributed by atoms with Crippen molar-refractivity contribution in [2.75, 3.05) is 4.90 Å². The van der Waals surface area contributed by atoms with Gasteiger partial charge in [-0.25, -0.2) is 0 Å². The predicted molar refractivity (Wildman–Crippen MR) is 220 cm³/mol. The van der Waals surface area contributed by atoms with Crippen molar-refractivity contribution in [1.82, 2.24) is 0 Å². The van der Waals surface area contributed by atoms with E-state index in [9.17, 15) is 0 Å². The zero-order valence-electron chi connectivity index (χ0n) is 30.4. The Morgan fingerprint density at radius 3 is 2.48 bits per heavy atom. The summed E-state index contributed by atoms with van der Waals surface area (Å²) in [6, 6.07) is 28.9. The van der Waals surface area contributed by atoms with Crippen molar-refractivity contribution in [2.24, 2.45) is 17.3 Å². The Labute approximate surface area is 307 Å². The van der Waals surface area contributed by atoms with Crippen molar-refractivity contribution in [3.63, 3.8) is 0 Å². The summed E-state index contributed by atoms with van der Waals surface area (Å²) in [5.74, 6) is 1.06. The van der Waals surface area contributed by atoms with Crippen LogP contribution in [0.2, 0.25) is 0 Å². The van der Waals surface area contributed by atoms with E-state index in [0.717, 1.165) is 43.3 Å². The van der Waals surface area contributed by atoms with Gasteiger partial charge in [-0.2, -0.15) is 0 Å². The number of para-hydroxylation sites is 2. The third-order valence-electron chi connectivity index (χ3n) is 12.6. The molecule has 10 rings (SSSR count). The summed E-state index contributed by atoms with van der Waals surface area (Å²) in [6.45, 7) is 7.43. The number of benzene rings is 4. The van der Waals surface area contributed by atoms with Crippen LogP contribution in [0.4, 0.5) is 5.69 Å². The molecule has 4 aromatic carbocycles. The zero-order valence-corrected chi connectivity index (χ0v) is 30.4. The summed E-state index contributed by atoms with van der Waals surface area (Å²) in [6.07, 6.45) is 29.4. The number of fused-ring (bicyclic) bond motifs is 7. The monoisotopic (exact) mass is 675 g/mol. The molecule has 0 bridgehead atoms. The van der Waals surface area contributed by atoms with Crippen LogP contribution in [0.15, 0.2) is 166 Å². The second-order valence-electron chi connectivity index (χ2n) is 15.9. The molecular weight excluding hydrogens is 631 g/mol. The Balaban J connectivity index is 1.04. The first kappa shape index (κ1) is 31.4. The molecule has 0 saturated heterocycles. The van der Waals surface area contributed by atoms with Crippen LogP contribution in [-0.2, 0) is 0 Å². The van der Waals surface area contributed by atoms with Gasteiger partial charge in [-0.15, -0.1) is 0 Å². The van der Waals surface area contributed by atoms with Gasteiger partial charge in [0, 0.05) is 27.7 Å². The summed E-state index contributed by atoms with van der Waals surface area (Å²) in [5, 5.41) is 4.86. The van der Waals surface area contributed by atoms with E-state index in [-0.39, 0.29) is 11.5 Å². The van der Waals surface area contributed by atoms with Crippen LogP contribution >= 0.6 is 0 Å². The van der Waals surface area contributed by atoms with Gasteiger partial charge in [0.05, 0.1) is 6.04 Å². The van der Waals surface area contributed by atoms with Crippen LogP contribution in [0.25, 0.3) is 43.9 Å². The molecule has 1 aromatic heterocycles. The predicted octanol–water partition coefficient (Wildman–Crippen LogP) is 13.5. The van der Waals surface area contributed by atoms with E-state index in [2.05, 4.69) is 159 Å². The lowest BCUT2D eigenvalue weighted by Crippen LogP contribution is -2.37. The van der Waals surface area contributed by atoms with Gasteiger partial charge >= 0.3 is 0 Å². The molecule has 2 heteroatoms. The van der Waals surface area contributed by atoms with E-state index in [0.29, 0.717) is 11.8 Å². The molecule has 0 fully saturated rings. The van der Waals surface area contributed by atoms with Gasteiger partial charge < -0.3 is 9.32 Å². The van der Waals surface area contributed by atoms with Crippen LogP contribution in [-0.4, -0.2) is 6.04 Å². The van der Waals surface area contributed by atoms with E-state index in [1.807, 2.05) is 6.07 Å². The number of hydrogen-bond acceptors (Lipinski definition) is 2. The van der Waals surface area contributed by atoms with Gasteiger partial charge in [-0.05, 0) is 118 Å². The molecule has 5 aliphatic carbocycles. The lowest BCUT2D eigenvalue weighted by atomic mass is 9.69. The summed E-state index contributed by atoms with van der Waals surface area (Å²) in [4.78, 5) is 2.68. The van der Waals surface area contributed by atoms with E-state index >= 15 is 0 Å². The van der Waals surface area contributed by atoms with Gasteiger partial charge in [0.15, 0.2) is 0 Å². The second kappa shape index (κ2) is 12.1. The molecule has 0 saturated carbocycles. The van der Waals surface area contributed by atoms with E-state index in [4.69, 9.17) is 4.42 Å². The summed E-state index contributed by atoms with van der Waals surface area (Å²) in [5.41, 5.74) is 14.6. The number of nitrogens with zero attached hydrogens (tertiary/aromatic N) is 1. The fourth-order valence-electron chi connectivity index (χ4n) is 10.1. The largest absolute Gasteiger partial charge is 0.456 e. The molecule has 5 aromatic rings. The molecule has 0 amide bonds.